The van der Waals surface area contributed by atoms with Crippen molar-refractivity contribution in [3.05, 3.63) is 77.5 Å². The number of hydrogen-bond acceptors (Lipinski definition) is 2. The molecule has 0 aromatic heterocycles. The predicted octanol–water partition coefficient (Wildman–Crippen LogP) is 4.15. The van der Waals surface area contributed by atoms with Crippen molar-refractivity contribution in [2.75, 3.05) is 6.54 Å². The molecule has 2 rings (SSSR count). The molecule has 4 nitrogen and oxygen atoms in total. The van der Waals surface area contributed by atoms with Gasteiger partial charge in [0.05, 0.1) is 0 Å². The Kier molecular flexibility index (Phi) is 8.13. The molecule has 2 aromatic carbocycles. The summed E-state index contributed by atoms with van der Waals surface area (Å²) in [5.41, 5.74) is 1.62. The number of carbonyl (C=O) groups excluding carboxylic acids is 2. The molecule has 0 spiro atoms. The van der Waals surface area contributed by atoms with E-state index in [-0.39, 0.29) is 17.5 Å². The third kappa shape index (κ3) is 6.55. The zero-order valence-electron chi connectivity index (χ0n) is 15.2. The molecule has 2 amide bonds. The van der Waals surface area contributed by atoms with Crippen LogP contribution in [0, 0.1) is 0 Å². The molecule has 26 heavy (non-hydrogen) atoms. The Morgan fingerprint density at radius 1 is 0.885 bits per heavy atom. The summed E-state index contributed by atoms with van der Waals surface area (Å²) in [6.07, 6.45) is 6.03. The molecule has 0 fully saturated rings. The van der Waals surface area contributed by atoms with E-state index in [2.05, 4.69) is 17.6 Å². The average molecular weight is 350 g/mol. The highest BCUT2D eigenvalue weighted by molar-refractivity contribution is 6.05. The molecule has 4 heteroatoms. The van der Waals surface area contributed by atoms with Crippen molar-refractivity contribution >= 4 is 17.9 Å². The van der Waals surface area contributed by atoms with Crippen LogP contribution in [0.5, 0.6) is 0 Å². The molecule has 0 atom stereocenters. The molecule has 2 aromatic rings. The number of benzene rings is 2. The smallest absolute Gasteiger partial charge is 0.267 e. The second-order valence-electron chi connectivity index (χ2n) is 6.11. The van der Waals surface area contributed by atoms with Crippen LogP contribution >= 0.6 is 0 Å². The lowest BCUT2D eigenvalue weighted by atomic mass is 10.1. The van der Waals surface area contributed by atoms with Crippen LogP contribution in [0.1, 0.15) is 48.5 Å². The lowest BCUT2D eigenvalue weighted by Crippen LogP contribution is -2.35. The monoisotopic (exact) mass is 350 g/mol. The molecule has 0 radical (unpaired) electrons. The predicted molar refractivity (Wildman–Crippen MR) is 105 cm³/mol. The van der Waals surface area contributed by atoms with E-state index in [9.17, 15) is 9.59 Å². The quantitative estimate of drug-likeness (QED) is 0.527. The number of amides is 2. The summed E-state index contributed by atoms with van der Waals surface area (Å²) in [6.45, 7) is 2.75. The van der Waals surface area contributed by atoms with Gasteiger partial charge in [0.1, 0.15) is 5.70 Å². The number of carbonyl (C=O) groups is 2. The number of unbranched alkanes of at least 4 members (excludes halogenated alkanes) is 3. The van der Waals surface area contributed by atoms with Crippen molar-refractivity contribution in [3.63, 3.8) is 0 Å². The Labute approximate surface area is 155 Å². The molecule has 0 bridgehead atoms. The zero-order chi connectivity index (χ0) is 18.6. The number of hydrogen-bond donors (Lipinski definition) is 2. The summed E-state index contributed by atoms with van der Waals surface area (Å²) in [5, 5.41) is 5.64. The van der Waals surface area contributed by atoms with Gasteiger partial charge in [0.2, 0.25) is 0 Å². The second kappa shape index (κ2) is 10.9. The van der Waals surface area contributed by atoms with Crippen LogP contribution in [0.25, 0.3) is 6.08 Å². The summed E-state index contributed by atoms with van der Waals surface area (Å²) < 4.78 is 0. The van der Waals surface area contributed by atoms with Gasteiger partial charge in [-0.25, -0.2) is 0 Å². The van der Waals surface area contributed by atoms with Crippen molar-refractivity contribution < 1.29 is 9.59 Å². The van der Waals surface area contributed by atoms with Crippen LogP contribution in [0.4, 0.5) is 0 Å². The lowest BCUT2D eigenvalue weighted by molar-refractivity contribution is -0.117. The molecular formula is C22H26N2O2. The fourth-order valence-corrected chi connectivity index (χ4v) is 2.51. The van der Waals surface area contributed by atoms with Crippen molar-refractivity contribution in [3.8, 4) is 0 Å². The van der Waals surface area contributed by atoms with Crippen molar-refractivity contribution in [2.24, 2.45) is 0 Å². The van der Waals surface area contributed by atoms with Gasteiger partial charge >= 0.3 is 0 Å². The zero-order valence-corrected chi connectivity index (χ0v) is 15.2. The first-order valence-corrected chi connectivity index (χ1v) is 9.12. The van der Waals surface area contributed by atoms with Crippen LogP contribution < -0.4 is 10.6 Å². The van der Waals surface area contributed by atoms with Crippen LogP contribution in [0.2, 0.25) is 0 Å². The van der Waals surface area contributed by atoms with Crippen molar-refractivity contribution in [1.82, 2.24) is 10.6 Å². The van der Waals surface area contributed by atoms with E-state index >= 15 is 0 Å². The van der Waals surface area contributed by atoms with Gasteiger partial charge in [0, 0.05) is 12.1 Å². The number of nitrogens with one attached hydrogen (secondary N) is 2. The SMILES string of the molecule is CCCCCCNC(=O)C(=Cc1ccccc1)NC(=O)c1ccccc1. The lowest BCUT2D eigenvalue weighted by Gasteiger charge is -2.11. The van der Waals surface area contributed by atoms with Gasteiger partial charge in [-0.3, -0.25) is 9.59 Å². The molecule has 0 heterocycles. The fraction of sp³-hybridized carbons (Fsp3) is 0.273. The maximum absolute atomic E-state index is 12.6. The molecule has 0 saturated heterocycles. The Bertz CT molecular complexity index is 724. The first-order chi connectivity index (χ1) is 12.7. The Morgan fingerprint density at radius 3 is 2.19 bits per heavy atom. The molecule has 0 aliphatic carbocycles. The van der Waals surface area contributed by atoms with Crippen LogP contribution in [0.3, 0.4) is 0 Å². The van der Waals surface area contributed by atoms with E-state index in [4.69, 9.17) is 0 Å². The second-order valence-corrected chi connectivity index (χ2v) is 6.11. The molecule has 0 saturated carbocycles. The van der Waals surface area contributed by atoms with Crippen LogP contribution in [-0.2, 0) is 4.79 Å². The topological polar surface area (TPSA) is 58.2 Å². The van der Waals surface area contributed by atoms with E-state index in [0.717, 1.165) is 31.2 Å². The maximum Gasteiger partial charge on any atom is 0.267 e. The van der Waals surface area contributed by atoms with Gasteiger partial charge < -0.3 is 10.6 Å². The fourth-order valence-electron chi connectivity index (χ4n) is 2.51. The molecule has 0 unspecified atom stereocenters. The van der Waals surface area contributed by atoms with E-state index in [0.29, 0.717) is 12.1 Å². The minimum atomic E-state index is -0.297. The van der Waals surface area contributed by atoms with E-state index in [1.54, 1.807) is 30.3 Å². The third-order valence-corrected chi connectivity index (χ3v) is 3.96. The Balaban J connectivity index is 2.08. The maximum atomic E-state index is 12.6. The van der Waals surface area contributed by atoms with Gasteiger partial charge in [-0.2, -0.15) is 0 Å². The molecule has 0 aliphatic heterocycles. The first kappa shape index (κ1) is 19.4. The third-order valence-electron chi connectivity index (χ3n) is 3.96. The van der Waals surface area contributed by atoms with Crippen LogP contribution in [-0.4, -0.2) is 18.4 Å². The summed E-state index contributed by atoms with van der Waals surface area (Å²) in [7, 11) is 0. The highest BCUT2D eigenvalue weighted by Gasteiger charge is 2.14. The summed E-state index contributed by atoms with van der Waals surface area (Å²) in [6, 6.07) is 18.4. The highest BCUT2D eigenvalue weighted by Crippen LogP contribution is 2.07. The van der Waals surface area contributed by atoms with E-state index in [1.165, 1.54) is 0 Å². The summed E-state index contributed by atoms with van der Waals surface area (Å²) in [5.74, 6) is -0.566. The van der Waals surface area contributed by atoms with Gasteiger partial charge in [0.15, 0.2) is 0 Å². The largest absolute Gasteiger partial charge is 0.351 e. The normalized spacial score (nSPS) is 11.0. The van der Waals surface area contributed by atoms with E-state index < -0.39 is 0 Å². The van der Waals surface area contributed by atoms with E-state index in [1.807, 2.05) is 36.4 Å². The molecule has 136 valence electrons. The van der Waals surface area contributed by atoms with Gasteiger partial charge in [-0.05, 0) is 30.2 Å². The molecular weight excluding hydrogens is 324 g/mol. The van der Waals surface area contributed by atoms with Gasteiger partial charge in [-0.15, -0.1) is 0 Å². The minimum absolute atomic E-state index is 0.251. The van der Waals surface area contributed by atoms with Crippen molar-refractivity contribution in [1.29, 1.82) is 0 Å². The van der Waals surface area contributed by atoms with Crippen LogP contribution in [0.15, 0.2) is 66.4 Å². The van der Waals surface area contributed by atoms with Gasteiger partial charge in [-0.1, -0.05) is 74.7 Å². The summed E-state index contributed by atoms with van der Waals surface area (Å²) >= 11 is 0. The first-order valence-electron chi connectivity index (χ1n) is 9.12. The minimum Gasteiger partial charge on any atom is -0.351 e. The highest BCUT2D eigenvalue weighted by atomic mass is 16.2. The molecule has 0 aliphatic rings. The number of rotatable bonds is 9. The Morgan fingerprint density at radius 2 is 1.54 bits per heavy atom. The summed E-state index contributed by atoms with van der Waals surface area (Å²) in [4.78, 5) is 25.0. The van der Waals surface area contributed by atoms with Crippen molar-refractivity contribution in [2.45, 2.75) is 32.6 Å². The standard InChI is InChI=1S/C22H26N2O2/c1-2-3-4-11-16-23-22(26)20(17-18-12-7-5-8-13-18)24-21(25)19-14-9-6-10-15-19/h5-10,12-15,17H,2-4,11,16H2,1H3,(H,23,26)(H,24,25). The molecule has 2 N–H and O–H groups in total. The van der Waals surface area contributed by atoms with Gasteiger partial charge in [0.25, 0.3) is 11.8 Å². The average Bonchev–Trinajstić information content (AvgIpc) is 2.68. The Hall–Kier alpha value is -2.88.